The summed E-state index contributed by atoms with van der Waals surface area (Å²) < 4.78 is 0. The van der Waals surface area contributed by atoms with Crippen LogP contribution < -0.4 is 0 Å². The maximum atomic E-state index is 12.2. The zero-order valence-corrected chi connectivity index (χ0v) is 15.0. The minimum atomic E-state index is -0.0695. The first kappa shape index (κ1) is 14.9. The molecular formula is C21H32O2. The van der Waals surface area contributed by atoms with Crippen molar-refractivity contribution in [3.8, 4) is 0 Å². The number of fused-ring (bicyclic) bond motifs is 4. The molecule has 2 nitrogen and oxygen atoms in total. The minimum Gasteiger partial charge on any atom is -0.393 e. The molecule has 128 valence electrons. The molecule has 0 aromatic rings. The van der Waals surface area contributed by atoms with Gasteiger partial charge >= 0.3 is 0 Å². The van der Waals surface area contributed by atoms with Crippen LogP contribution in [0.5, 0.6) is 0 Å². The Morgan fingerprint density at radius 1 is 1.04 bits per heavy atom. The molecule has 0 aliphatic heterocycles. The van der Waals surface area contributed by atoms with Crippen molar-refractivity contribution in [3.63, 3.8) is 0 Å². The van der Waals surface area contributed by atoms with Crippen LogP contribution in [0, 0.1) is 45.8 Å². The summed E-state index contributed by atoms with van der Waals surface area (Å²) >= 11 is 0. The highest BCUT2D eigenvalue weighted by Gasteiger charge is 2.77. The van der Waals surface area contributed by atoms with E-state index in [4.69, 9.17) is 0 Å². The zero-order chi connectivity index (χ0) is 16.2. The van der Waals surface area contributed by atoms with E-state index in [-0.39, 0.29) is 17.4 Å². The van der Waals surface area contributed by atoms with E-state index in [1.807, 2.05) is 6.92 Å². The van der Waals surface area contributed by atoms with Crippen LogP contribution in [0.2, 0.25) is 0 Å². The zero-order valence-electron chi connectivity index (χ0n) is 15.0. The Bertz CT molecular complexity index is 570. The Morgan fingerprint density at radius 3 is 2.52 bits per heavy atom. The SMILES string of the molecule is CC(=O)[C@@H]1CC[C@@H]2[C@@H]3C[C@H](O)[C@]45C[C@H]4CC[C@]5(C)[C@H]3CC[C@@]21C. The molecule has 1 spiro atoms. The molecule has 2 heteroatoms. The molecule has 5 saturated carbocycles. The van der Waals surface area contributed by atoms with Crippen molar-refractivity contribution in [2.45, 2.75) is 78.2 Å². The third-order valence-corrected chi connectivity index (χ3v) is 10.1. The number of ketones is 1. The number of hydrogen-bond donors (Lipinski definition) is 1. The van der Waals surface area contributed by atoms with Gasteiger partial charge in [0.2, 0.25) is 0 Å². The van der Waals surface area contributed by atoms with Crippen LogP contribution in [-0.2, 0) is 4.79 Å². The maximum absolute atomic E-state index is 12.2. The third kappa shape index (κ3) is 1.50. The van der Waals surface area contributed by atoms with Gasteiger partial charge < -0.3 is 5.11 Å². The highest BCUT2D eigenvalue weighted by molar-refractivity contribution is 5.79. The lowest BCUT2D eigenvalue weighted by molar-refractivity contribution is -0.153. The molecule has 0 bridgehead atoms. The fraction of sp³-hybridized carbons (Fsp3) is 0.952. The quantitative estimate of drug-likeness (QED) is 0.787. The van der Waals surface area contributed by atoms with E-state index >= 15 is 0 Å². The van der Waals surface area contributed by atoms with Crippen LogP contribution in [-0.4, -0.2) is 17.0 Å². The molecule has 5 rings (SSSR count). The van der Waals surface area contributed by atoms with Crippen molar-refractivity contribution in [2.24, 2.45) is 45.8 Å². The molecule has 0 unspecified atom stereocenters. The molecule has 5 fully saturated rings. The summed E-state index contributed by atoms with van der Waals surface area (Å²) in [7, 11) is 0. The second kappa shape index (κ2) is 4.23. The van der Waals surface area contributed by atoms with Gasteiger partial charge in [-0.1, -0.05) is 13.8 Å². The summed E-state index contributed by atoms with van der Waals surface area (Å²) in [5.74, 6) is 3.68. The van der Waals surface area contributed by atoms with Crippen molar-refractivity contribution in [1.29, 1.82) is 0 Å². The fourth-order valence-corrected chi connectivity index (χ4v) is 8.98. The molecule has 5 aliphatic carbocycles. The van der Waals surface area contributed by atoms with E-state index < -0.39 is 0 Å². The number of carbonyl (C=O) groups excluding carboxylic acids is 1. The molecule has 0 saturated heterocycles. The number of carbonyl (C=O) groups is 1. The van der Waals surface area contributed by atoms with Gasteiger partial charge in [-0.3, -0.25) is 4.79 Å². The summed E-state index contributed by atoms with van der Waals surface area (Å²) in [6.45, 7) is 6.74. The van der Waals surface area contributed by atoms with Crippen LogP contribution >= 0.6 is 0 Å². The number of rotatable bonds is 1. The van der Waals surface area contributed by atoms with Crippen LogP contribution in [0.4, 0.5) is 0 Å². The van der Waals surface area contributed by atoms with Gasteiger partial charge in [0.25, 0.3) is 0 Å². The Hall–Kier alpha value is -0.370. The fourth-order valence-electron chi connectivity index (χ4n) is 8.98. The highest BCUT2D eigenvalue weighted by Crippen LogP contribution is 2.81. The standard InChI is InChI=1S/C21H32O2/c1-12(22)15-4-5-16-14-10-18(23)21-11-13(21)6-9-20(21,3)17(14)7-8-19(15,16)2/h13-18,23H,4-11H2,1-3H3/t13-,14+,15+,16-,17+,18+,19-,20-,21+/m1/s1. The van der Waals surface area contributed by atoms with E-state index in [1.54, 1.807) is 0 Å². The predicted molar refractivity (Wildman–Crippen MR) is 89.7 cm³/mol. The summed E-state index contributed by atoms with van der Waals surface area (Å²) in [4.78, 5) is 12.2. The normalized spacial score (nSPS) is 63.0. The largest absolute Gasteiger partial charge is 0.393 e. The molecule has 0 radical (unpaired) electrons. The van der Waals surface area contributed by atoms with E-state index in [0.717, 1.165) is 24.7 Å². The molecular weight excluding hydrogens is 284 g/mol. The Labute approximate surface area is 140 Å². The summed E-state index contributed by atoms with van der Waals surface area (Å²) in [5.41, 5.74) is 0.894. The van der Waals surface area contributed by atoms with Gasteiger partial charge in [-0.25, -0.2) is 0 Å². The van der Waals surface area contributed by atoms with Gasteiger partial charge in [0.15, 0.2) is 0 Å². The Kier molecular flexibility index (Phi) is 2.75. The summed E-state index contributed by atoms with van der Waals surface area (Å²) in [6, 6.07) is 0. The van der Waals surface area contributed by atoms with Gasteiger partial charge in [0.05, 0.1) is 6.10 Å². The number of hydrogen-bond acceptors (Lipinski definition) is 2. The second-order valence-corrected chi connectivity index (χ2v) is 10.3. The average Bonchev–Trinajstić information content (AvgIpc) is 3.01. The van der Waals surface area contributed by atoms with E-state index in [1.165, 1.54) is 38.5 Å². The first-order valence-electron chi connectivity index (χ1n) is 10.0. The minimum absolute atomic E-state index is 0.0695. The molecule has 0 heterocycles. The lowest BCUT2D eigenvalue weighted by Crippen LogP contribution is -2.56. The van der Waals surface area contributed by atoms with Gasteiger partial charge in [-0.2, -0.15) is 0 Å². The Morgan fingerprint density at radius 2 is 1.83 bits per heavy atom. The van der Waals surface area contributed by atoms with Crippen LogP contribution in [0.15, 0.2) is 0 Å². The van der Waals surface area contributed by atoms with Gasteiger partial charge in [-0.05, 0) is 92.8 Å². The van der Waals surface area contributed by atoms with Crippen LogP contribution in [0.1, 0.15) is 72.1 Å². The van der Waals surface area contributed by atoms with Crippen molar-refractivity contribution in [3.05, 3.63) is 0 Å². The Balaban J connectivity index is 1.52. The first-order chi connectivity index (χ1) is 10.8. The van der Waals surface area contributed by atoms with Gasteiger partial charge in [0, 0.05) is 11.3 Å². The van der Waals surface area contributed by atoms with Crippen molar-refractivity contribution in [2.75, 3.05) is 0 Å². The lowest BCUT2D eigenvalue weighted by Gasteiger charge is -2.60. The maximum Gasteiger partial charge on any atom is 0.133 e. The molecule has 0 amide bonds. The van der Waals surface area contributed by atoms with E-state index in [9.17, 15) is 9.90 Å². The highest BCUT2D eigenvalue weighted by atomic mass is 16.3. The van der Waals surface area contributed by atoms with E-state index in [2.05, 4.69) is 13.8 Å². The average molecular weight is 316 g/mol. The smallest absolute Gasteiger partial charge is 0.133 e. The third-order valence-electron chi connectivity index (χ3n) is 10.1. The predicted octanol–water partition coefficient (Wildman–Crippen LogP) is 4.21. The van der Waals surface area contributed by atoms with Crippen LogP contribution in [0.3, 0.4) is 0 Å². The summed E-state index contributed by atoms with van der Waals surface area (Å²) in [6.07, 6.45) is 9.83. The second-order valence-electron chi connectivity index (χ2n) is 10.3. The van der Waals surface area contributed by atoms with Crippen molar-refractivity contribution < 1.29 is 9.90 Å². The molecule has 5 aliphatic rings. The molecule has 0 aromatic heterocycles. The monoisotopic (exact) mass is 316 g/mol. The molecule has 23 heavy (non-hydrogen) atoms. The summed E-state index contributed by atoms with van der Waals surface area (Å²) in [5, 5.41) is 11.1. The topological polar surface area (TPSA) is 37.3 Å². The van der Waals surface area contributed by atoms with Gasteiger partial charge in [0.1, 0.15) is 5.78 Å². The molecule has 0 aromatic carbocycles. The van der Waals surface area contributed by atoms with Crippen molar-refractivity contribution >= 4 is 5.78 Å². The lowest BCUT2D eigenvalue weighted by atomic mass is 9.45. The number of aliphatic hydroxyl groups is 1. The van der Waals surface area contributed by atoms with Crippen molar-refractivity contribution in [1.82, 2.24) is 0 Å². The van der Waals surface area contributed by atoms with E-state index in [0.29, 0.717) is 28.4 Å². The number of aliphatic hydroxyl groups excluding tert-OH is 1. The van der Waals surface area contributed by atoms with Crippen LogP contribution in [0.25, 0.3) is 0 Å². The molecule has 1 N–H and O–H groups in total. The number of Topliss-reactive ketones (excluding diaryl/α,β-unsaturated/α-hetero) is 1. The first-order valence-corrected chi connectivity index (χ1v) is 10.0. The van der Waals surface area contributed by atoms with Gasteiger partial charge in [-0.15, -0.1) is 0 Å². The molecule has 9 atom stereocenters.